The number of halogens is 2. The molecule has 0 bridgehead atoms. The number of rotatable bonds is 12. The summed E-state index contributed by atoms with van der Waals surface area (Å²) in [4.78, 5) is 17.3. The topological polar surface area (TPSA) is 54.0 Å². The fraction of sp³-hybridized carbons (Fsp3) is 0.500. The number of hydrogen-bond donors (Lipinski definition) is 1. The first-order valence-electron chi connectivity index (χ1n) is 18.2. The number of alkyl halides is 2. The summed E-state index contributed by atoms with van der Waals surface area (Å²) in [5, 5.41) is 2.91. The van der Waals surface area contributed by atoms with Gasteiger partial charge in [-0.2, -0.15) is 0 Å². The summed E-state index contributed by atoms with van der Waals surface area (Å²) in [5.41, 5.74) is 8.75. The number of carbonyl (C=O) groups excluding carboxylic acids is 1. The van der Waals surface area contributed by atoms with Crippen molar-refractivity contribution in [3.63, 3.8) is 0 Å². The van der Waals surface area contributed by atoms with Crippen molar-refractivity contribution in [3.8, 4) is 5.75 Å². The summed E-state index contributed by atoms with van der Waals surface area (Å²) in [6.07, 6.45) is -0.513. The number of benzene rings is 3. The third kappa shape index (κ3) is 9.83. The fourth-order valence-corrected chi connectivity index (χ4v) is 9.29. The Morgan fingerprint density at radius 1 is 0.804 bits per heavy atom. The first-order chi connectivity index (χ1) is 23.9. The Hall–Kier alpha value is -2.73. The summed E-state index contributed by atoms with van der Waals surface area (Å²) in [5.74, 6) is 2.05. The van der Waals surface area contributed by atoms with Gasteiger partial charge in [0, 0.05) is 0 Å². The molecule has 1 saturated heterocycles. The molecule has 1 aliphatic rings. The van der Waals surface area contributed by atoms with Gasteiger partial charge in [0.25, 0.3) is 0 Å². The van der Waals surface area contributed by atoms with Crippen LogP contribution in [0.2, 0.25) is 0 Å². The van der Waals surface area contributed by atoms with E-state index in [4.69, 9.17) is 32.7 Å². The van der Waals surface area contributed by atoms with Crippen LogP contribution >= 0.6 is 23.2 Å². The molecule has 0 saturated carbocycles. The molecule has 3 aromatic carbocycles. The van der Waals surface area contributed by atoms with Crippen LogP contribution in [0.5, 0.6) is 5.75 Å². The van der Waals surface area contributed by atoms with Gasteiger partial charge in [0.1, 0.15) is 0 Å². The molecule has 6 nitrogen and oxygen atoms in total. The van der Waals surface area contributed by atoms with Crippen molar-refractivity contribution >= 4 is 55.3 Å². The third-order valence-electron chi connectivity index (χ3n) is 8.67. The molecule has 0 aromatic heterocycles. The minimum atomic E-state index is -1.24. The molecule has 1 aliphatic heterocycles. The Labute approximate surface area is 323 Å². The van der Waals surface area contributed by atoms with Crippen LogP contribution in [-0.4, -0.2) is 38.8 Å². The molecular weight excluding hydrogens is 766 g/mol. The monoisotopic (exact) mass is 823 g/mol. The second-order valence-electron chi connectivity index (χ2n) is 15.3. The van der Waals surface area contributed by atoms with Crippen LogP contribution in [0.25, 0.3) is 0 Å². The van der Waals surface area contributed by atoms with Crippen LogP contribution in [0, 0.1) is 5.92 Å². The van der Waals surface area contributed by atoms with E-state index in [0.717, 1.165) is 21.4 Å². The van der Waals surface area contributed by atoms with E-state index in [2.05, 4.69) is 112 Å². The Balaban J connectivity index is 2.07. The van der Waals surface area contributed by atoms with Crippen LogP contribution in [0.3, 0.4) is 0 Å². The molecule has 1 heterocycles. The van der Waals surface area contributed by atoms with Gasteiger partial charge >= 0.3 is 325 Å². The predicted octanol–water partition coefficient (Wildman–Crippen LogP) is 11.7. The van der Waals surface area contributed by atoms with Gasteiger partial charge < -0.3 is 0 Å². The number of carbonyl (C=O) groups is 1. The summed E-state index contributed by atoms with van der Waals surface area (Å²) in [6, 6.07) is 18.9. The Bertz CT molecular complexity index is 1710. The number of ether oxygens (including phenoxy) is 2. The van der Waals surface area contributed by atoms with Crippen molar-refractivity contribution in [1.29, 1.82) is 0 Å². The number of para-hydroxylation sites is 2. The van der Waals surface area contributed by atoms with Gasteiger partial charge in [0.2, 0.25) is 0 Å². The predicted molar refractivity (Wildman–Crippen MR) is 216 cm³/mol. The summed E-state index contributed by atoms with van der Waals surface area (Å²) < 4.78 is 13.8. The van der Waals surface area contributed by atoms with Crippen molar-refractivity contribution in [1.82, 2.24) is 0 Å². The maximum absolute atomic E-state index is 12.7. The molecule has 1 N–H and O–H groups in total. The molecule has 0 radical (unpaired) electrons. The second kappa shape index (κ2) is 17.4. The van der Waals surface area contributed by atoms with Gasteiger partial charge in [-0.1, -0.05) is 0 Å². The molecule has 0 aliphatic carbocycles. The second-order valence-corrected chi connectivity index (χ2v) is 18.5. The van der Waals surface area contributed by atoms with Gasteiger partial charge in [0.05, 0.1) is 0 Å². The zero-order valence-corrected chi connectivity index (χ0v) is 35.6. The first-order valence-corrected chi connectivity index (χ1v) is 20.8. The first kappa shape index (κ1) is 41.0. The minimum absolute atomic E-state index is 0.0359. The molecule has 0 spiro atoms. The average Bonchev–Trinajstić information content (AvgIpc) is 3.31. The molecule has 1 fully saturated rings. The fourth-order valence-electron chi connectivity index (χ4n) is 6.26. The van der Waals surface area contributed by atoms with Crippen molar-refractivity contribution in [2.45, 2.75) is 117 Å². The number of hydrogen-bond acceptors (Lipinski definition) is 5. The van der Waals surface area contributed by atoms with Gasteiger partial charge in [-0.25, -0.2) is 0 Å². The van der Waals surface area contributed by atoms with Crippen LogP contribution in [0.4, 0.5) is 21.9 Å². The van der Waals surface area contributed by atoms with Crippen molar-refractivity contribution in [3.05, 3.63) is 82.4 Å². The van der Waals surface area contributed by atoms with E-state index in [0.29, 0.717) is 18.8 Å². The molecule has 280 valence electrons. The van der Waals surface area contributed by atoms with E-state index in [1.807, 2.05) is 45.9 Å². The average molecular weight is 824 g/mol. The number of nitrogens with zero attached hydrogens (tertiary/aromatic N) is 2. The maximum atomic E-state index is 12.7. The molecule has 3 aromatic rings. The van der Waals surface area contributed by atoms with Crippen LogP contribution < -0.4 is 19.9 Å². The molecule has 0 atom stereocenters. The molecular formula is C42H57Cl2N3O3Ru. The SMILES string of the molecule is CC(C)COC(=O)Nc1ccc(OC(C)C)c([CH]=[Ru]=[C]2N(c3c(C(C)C)cccc3C(C)C)CC(Cl)(Cl)N2c2c(C(C)C)cccc2C(C)C)c1. The van der Waals surface area contributed by atoms with Crippen molar-refractivity contribution in [2.24, 2.45) is 5.92 Å². The quantitative estimate of drug-likeness (QED) is 0.112. The van der Waals surface area contributed by atoms with Crippen molar-refractivity contribution < 1.29 is 30.5 Å². The van der Waals surface area contributed by atoms with Crippen LogP contribution in [0.15, 0.2) is 54.6 Å². The molecule has 51 heavy (non-hydrogen) atoms. The van der Waals surface area contributed by atoms with Gasteiger partial charge in [0.15, 0.2) is 0 Å². The van der Waals surface area contributed by atoms with Gasteiger partial charge in [-0.15, -0.1) is 0 Å². The molecule has 9 heteroatoms. The number of nitrogens with one attached hydrogen (secondary N) is 1. The Kier molecular flexibility index (Phi) is 14.0. The Morgan fingerprint density at radius 2 is 1.31 bits per heavy atom. The van der Waals surface area contributed by atoms with E-state index in [1.54, 1.807) is 0 Å². The number of amides is 1. The number of anilines is 3. The summed E-state index contributed by atoms with van der Waals surface area (Å²) in [6.45, 7) is 26.7. The molecule has 0 unspecified atom stereocenters. The van der Waals surface area contributed by atoms with Crippen molar-refractivity contribution in [2.75, 3.05) is 28.3 Å². The zero-order chi connectivity index (χ0) is 37.8. The van der Waals surface area contributed by atoms with Crippen LogP contribution in [0.1, 0.15) is 135 Å². The Morgan fingerprint density at radius 3 is 1.78 bits per heavy atom. The molecule has 4 rings (SSSR count). The van der Waals surface area contributed by atoms with Crippen LogP contribution in [-0.2, 0) is 21.0 Å². The van der Waals surface area contributed by atoms with E-state index in [-0.39, 0.29) is 35.7 Å². The normalized spacial score (nSPS) is 14.5. The zero-order valence-electron chi connectivity index (χ0n) is 32.4. The van der Waals surface area contributed by atoms with E-state index >= 15 is 0 Å². The summed E-state index contributed by atoms with van der Waals surface area (Å²) >= 11 is 14.5. The summed E-state index contributed by atoms with van der Waals surface area (Å²) in [7, 11) is 0. The van der Waals surface area contributed by atoms with E-state index in [1.165, 1.54) is 27.9 Å². The third-order valence-corrected chi connectivity index (χ3v) is 11.3. The van der Waals surface area contributed by atoms with Gasteiger partial charge in [-0.3, -0.25) is 0 Å². The molecule has 1 amide bonds. The standard InChI is InChI=1S/C27H36Cl2N2.C15H21NO3.Ru/c1-17(2)21-11-9-12-22(18(3)4)25(21)30-15-27(28,29)31(16-30)26-23(19(5)6)13-10-14-24(26)20(7)8;1-10(2)9-18-15(17)16-13-6-7-14(12(5)8-13)19-11(3)4;/h9-14,17-20H,15H2,1-8H3;5-8,10-11H,9H2,1-4H3,(H,16,17);. The van der Waals surface area contributed by atoms with Gasteiger partial charge in [-0.05, 0) is 0 Å². The van der Waals surface area contributed by atoms with E-state index < -0.39 is 26.8 Å². The van der Waals surface area contributed by atoms with E-state index in [9.17, 15) is 4.79 Å².